The first-order valence-electron chi connectivity index (χ1n) is 9.98. The molecule has 5 rings (SSSR count). The highest BCUT2D eigenvalue weighted by molar-refractivity contribution is 6.10. The van der Waals surface area contributed by atoms with Crippen LogP contribution in [0.2, 0.25) is 0 Å². The summed E-state index contributed by atoms with van der Waals surface area (Å²) in [6.45, 7) is 3.78. The molecule has 0 radical (unpaired) electrons. The molecule has 0 amide bonds. The summed E-state index contributed by atoms with van der Waals surface area (Å²) in [6.07, 6.45) is 1.77. The Morgan fingerprint density at radius 1 is 0.821 bits per heavy atom. The molecule has 0 saturated carbocycles. The van der Waals surface area contributed by atoms with Crippen molar-refractivity contribution in [3.63, 3.8) is 0 Å². The van der Waals surface area contributed by atoms with Gasteiger partial charge in [-0.3, -0.25) is 4.98 Å². The molecule has 2 aromatic heterocycles. The highest BCUT2D eigenvalue weighted by atomic mass is 16.3. The first-order valence-corrected chi connectivity index (χ1v) is 9.48. The van der Waals surface area contributed by atoms with Crippen molar-refractivity contribution in [2.45, 2.75) is 19.7 Å². The number of pyridine rings is 1. The van der Waals surface area contributed by atoms with Gasteiger partial charge >= 0.3 is 0 Å². The lowest BCUT2D eigenvalue weighted by Gasteiger charge is -2.07. The van der Waals surface area contributed by atoms with Crippen molar-refractivity contribution < 1.29 is 5.79 Å². The van der Waals surface area contributed by atoms with Crippen molar-refractivity contribution in [1.29, 1.82) is 0 Å². The van der Waals surface area contributed by atoms with Crippen molar-refractivity contribution >= 4 is 21.9 Å². The molecular formula is C26H21NO. The van der Waals surface area contributed by atoms with E-state index in [1.807, 2.05) is 56.3 Å². The van der Waals surface area contributed by atoms with Gasteiger partial charge in [-0.05, 0) is 52.9 Å². The molecule has 0 unspecified atom stereocenters. The summed E-state index contributed by atoms with van der Waals surface area (Å²) < 4.78 is 14.7. The Kier molecular flexibility index (Phi) is 3.71. The number of benzene rings is 3. The monoisotopic (exact) mass is 364 g/mol. The Hall–Kier alpha value is -3.39. The van der Waals surface area contributed by atoms with E-state index in [4.69, 9.17) is 5.79 Å². The summed E-state index contributed by atoms with van der Waals surface area (Å²) in [4.78, 5) is 4.57. The third-order valence-corrected chi connectivity index (χ3v) is 5.22. The first-order chi connectivity index (χ1) is 14.0. The molecule has 0 fully saturated rings. The van der Waals surface area contributed by atoms with Gasteiger partial charge in [0.1, 0.15) is 11.2 Å². The topological polar surface area (TPSA) is 26.0 Å². The fourth-order valence-electron chi connectivity index (χ4n) is 3.70. The zero-order valence-electron chi connectivity index (χ0n) is 16.9. The van der Waals surface area contributed by atoms with E-state index >= 15 is 0 Å². The van der Waals surface area contributed by atoms with Crippen molar-refractivity contribution in [3.05, 3.63) is 90.6 Å². The molecule has 0 aliphatic carbocycles. The zero-order valence-corrected chi connectivity index (χ0v) is 15.9. The van der Waals surface area contributed by atoms with E-state index in [1.54, 1.807) is 6.20 Å². The Morgan fingerprint density at radius 2 is 1.68 bits per heavy atom. The maximum absolute atomic E-state index is 8.34. The molecule has 0 atom stereocenters. The van der Waals surface area contributed by atoms with Crippen LogP contribution in [0.1, 0.15) is 26.7 Å². The molecule has 2 heteroatoms. The fourth-order valence-corrected chi connectivity index (χ4v) is 3.70. The SMILES string of the molecule is [2H]C(C)(C)c1ccnc(-c2cccc3c2oc2cc(-c4ccccc4)ccc23)c1. The third-order valence-electron chi connectivity index (χ3n) is 5.22. The minimum absolute atomic E-state index is 0.677. The summed E-state index contributed by atoms with van der Waals surface area (Å²) in [6, 6.07) is 26.7. The molecule has 0 spiro atoms. The number of para-hydroxylation sites is 1. The highest BCUT2D eigenvalue weighted by Gasteiger charge is 2.14. The van der Waals surface area contributed by atoms with Crippen LogP contribution in [0.4, 0.5) is 0 Å². The maximum atomic E-state index is 8.34. The van der Waals surface area contributed by atoms with Crippen LogP contribution in [0.3, 0.4) is 0 Å². The number of aromatic nitrogens is 1. The normalized spacial score (nSPS) is 12.4. The van der Waals surface area contributed by atoms with E-state index in [1.165, 1.54) is 5.56 Å². The van der Waals surface area contributed by atoms with Crippen molar-refractivity contribution in [1.82, 2.24) is 4.98 Å². The second-order valence-electron chi connectivity index (χ2n) is 7.29. The molecule has 2 nitrogen and oxygen atoms in total. The van der Waals surface area contributed by atoms with E-state index in [0.29, 0.717) is 0 Å². The zero-order chi connectivity index (χ0) is 20.0. The van der Waals surface area contributed by atoms with Crippen LogP contribution in [0.25, 0.3) is 44.3 Å². The number of hydrogen-bond acceptors (Lipinski definition) is 2. The van der Waals surface area contributed by atoms with Gasteiger partial charge in [0.15, 0.2) is 0 Å². The minimum atomic E-state index is -0.677. The Bertz CT molecular complexity index is 1330. The van der Waals surface area contributed by atoms with Crippen molar-refractivity contribution in [3.8, 4) is 22.4 Å². The van der Waals surface area contributed by atoms with Crippen molar-refractivity contribution in [2.24, 2.45) is 0 Å². The molecular weight excluding hydrogens is 342 g/mol. The lowest BCUT2D eigenvalue weighted by molar-refractivity contribution is 0.670. The van der Waals surface area contributed by atoms with Gasteiger partial charge in [0.05, 0.1) is 5.69 Å². The molecule has 0 bridgehead atoms. The van der Waals surface area contributed by atoms with Gasteiger partial charge in [0.25, 0.3) is 0 Å². The molecule has 0 aliphatic heterocycles. The van der Waals surface area contributed by atoms with Crippen LogP contribution in [0.15, 0.2) is 89.5 Å². The Morgan fingerprint density at radius 3 is 2.50 bits per heavy atom. The molecule has 0 saturated heterocycles. The first kappa shape index (κ1) is 15.6. The average Bonchev–Trinajstić information content (AvgIpc) is 3.12. The smallest absolute Gasteiger partial charge is 0.144 e. The van der Waals surface area contributed by atoms with Crippen LogP contribution in [-0.4, -0.2) is 4.98 Å². The van der Waals surface area contributed by atoms with Gasteiger partial charge in [-0.1, -0.05) is 62.4 Å². The van der Waals surface area contributed by atoms with Gasteiger partial charge in [0, 0.05) is 23.9 Å². The molecule has 2 heterocycles. The molecule has 28 heavy (non-hydrogen) atoms. The number of nitrogens with zero attached hydrogens (tertiary/aromatic N) is 1. The highest BCUT2D eigenvalue weighted by Crippen LogP contribution is 2.37. The predicted molar refractivity (Wildman–Crippen MR) is 116 cm³/mol. The predicted octanol–water partition coefficient (Wildman–Crippen LogP) is 7.44. The summed E-state index contributed by atoms with van der Waals surface area (Å²) in [5.74, 6) is -0.677. The van der Waals surface area contributed by atoms with Gasteiger partial charge < -0.3 is 4.42 Å². The second-order valence-corrected chi connectivity index (χ2v) is 7.29. The van der Waals surface area contributed by atoms with Gasteiger partial charge in [-0.25, -0.2) is 0 Å². The fraction of sp³-hybridized carbons (Fsp3) is 0.115. The van der Waals surface area contributed by atoms with Crippen LogP contribution in [0.5, 0.6) is 0 Å². The minimum Gasteiger partial charge on any atom is -0.455 e. The largest absolute Gasteiger partial charge is 0.455 e. The van der Waals surface area contributed by atoms with Crippen LogP contribution in [0, 0.1) is 0 Å². The lowest BCUT2D eigenvalue weighted by atomic mass is 10.00. The summed E-state index contributed by atoms with van der Waals surface area (Å²) in [5, 5.41) is 2.17. The standard InChI is InChI=1S/C26H21NO/c1-17(2)19-13-14-27-24(15-19)23-10-6-9-22-21-12-11-20(16-25(21)28-26(22)23)18-7-4-3-5-8-18/h3-17H,1-2H3/i17D. The van der Waals surface area contributed by atoms with E-state index in [-0.39, 0.29) is 0 Å². The van der Waals surface area contributed by atoms with Gasteiger partial charge in [0.2, 0.25) is 0 Å². The summed E-state index contributed by atoms with van der Waals surface area (Å²) >= 11 is 0. The molecule has 3 aromatic carbocycles. The van der Waals surface area contributed by atoms with Gasteiger partial charge in [-0.2, -0.15) is 0 Å². The van der Waals surface area contributed by atoms with Crippen LogP contribution >= 0.6 is 0 Å². The van der Waals surface area contributed by atoms with Crippen LogP contribution < -0.4 is 0 Å². The number of hydrogen-bond donors (Lipinski definition) is 0. The van der Waals surface area contributed by atoms with E-state index in [9.17, 15) is 0 Å². The Balaban J connectivity index is 1.70. The number of rotatable bonds is 3. The quantitative estimate of drug-likeness (QED) is 0.332. The van der Waals surface area contributed by atoms with E-state index < -0.39 is 5.89 Å². The average molecular weight is 364 g/mol. The number of fused-ring (bicyclic) bond motifs is 3. The molecule has 136 valence electrons. The summed E-state index contributed by atoms with van der Waals surface area (Å²) in [5.41, 5.74) is 6.71. The Labute approximate surface area is 165 Å². The van der Waals surface area contributed by atoms with Crippen molar-refractivity contribution in [2.75, 3.05) is 0 Å². The molecule has 5 aromatic rings. The lowest BCUT2D eigenvalue weighted by Crippen LogP contribution is -1.90. The molecule has 0 aliphatic rings. The summed E-state index contributed by atoms with van der Waals surface area (Å²) in [7, 11) is 0. The van der Waals surface area contributed by atoms with E-state index in [2.05, 4.69) is 41.4 Å². The van der Waals surface area contributed by atoms with E-state index in [0.717, 1.165) is 44.3 Å². The maximum Gasteiger partial charge on any atom is 0.144 e. The van der Waals surface area contributed by atoms with Gasteiger partial charge in [-0.15, -0.1) is 0 Å². The second kappa shape index (κ2) is 6.65. The van der Waals surface area contributed by atoms with Crippen LogP contribution in [-0.2, 0) is 0 Å². The third kappa shape index (κ3) is 2.78. The number of furan rings is 1. The molecule has 0 N–H and O–H groups in total.